The van der Waals surface area contributed by atoms with E-state index in [4.69, 9.17) is 9.47 Å². The van der Waals surface area contributed by atoms with Crippen molar-refractivity contribution in [2.24, 2.45) is 0 Å². The Hall–Kier alpha value is -1.86. The van der Waals surface area contributed by atoms with Crippen molar-refractivity contribution in [3.05, 3.63) is 22.8 Å². The first-order valence-corrected chi connectivity index (χ1v) is 10.4. The van der Waals surface area contributed by atoms with Gasteiger partial charge in [0.05, 0.1) is 18.3 Å². The summed E-state index contributed by atoms with van der Waals surface area (Å²) in [7, 11) is 1.47. The first-order chi connectivity index (χ1) is 13.6. The number of Topliss-reactive ketones (excluding diaryl/α,β-unsaturated/α-hetero) is 1. The predicted octanol–water partition coefficient (Wildman–Crippen LogP) is 3.82. The van der Waals surface area contributed by atoms with Gasteiger partial charge in [0.25, 0.3) is 0 Å². The number of carbonyl (C=O) groups is 2. The summed E-state index contributed by atoms with van der Waals surface area (Å²) in [5.74, 6) is -0.741. The average molecular weight is 388 g/mol. The van der Waals surface area contributed by atoms with Crippen LogP contribution in [0, 0.1) is 0 Å². The molecule has 0 amide bonds. The minimum absolute atomic E-state index is 0.0731. The van der Waals surface area contributed by atoms with Gasteiger partial charge in [-0.1, -0.05) is 19.3 Å². The summed E-state index contributed by atoms with van der Waals surface area (Å²) in [6.07, 6.45) is 9.98. The zero-order chi connectivity index (χ0) is 19.7. The summed E-state index contributed by atoms with van der Waals surface area (Å²) in [5.41, 5.74) is 0.478. The Balaban J connectivity index is 1.48. The third-order valence-electron chi connectivity index (χ3n) is 6.38. The van der Waals surface area contributed by atoms with Crippen LogP contribution in [0.3, 0.4) is 0 Å². The van der Waals surface area contributed by atoms with Crippen molar-refractivity contribution in [2.45, 2.75) is 88.4 Å². The summed E-state index contributed by atoms with van der Waals surface area (Å²) in [5, 5.41) is 9.62. The lowest BCUT2D eigenvalue weighted by Crippen LogP contribution is -2.28. The number of hydrogen-bond acceptors (Lipinski definition) is 6. The zero-order valence-electron chi connectivity index (χ0n) is 16.4. The monoisotopic (exact) mass is 388 g/mol. The van der Waals surface area contributed by atoms with Crippen LogP contribution in [0.5, 0.6) is 0 Å². The van der Waals surface area contributed by atoms with Crippen LogP contribution in [-0.2, 0) is 9.47 Å². The maximum atomic E-state index is 12.3. The molecule has 152 valence electrons. The van der Waals surface area contributed by atoms with Gasteiger partial charge in [-0.15, -0.1) is 0 Å². The topological polar surface area (TPSA) is 98.6 Å². The highest BCUT2D eigenvalue weighted by molar-refractivity contribution is 6.02. The number of rotatable bonds is 5. The highest BCUT2D eigenvalue weighted by Gasteiger charge is 2.38. The van der Waals surface area contributed by atoms with Gasteiger partial charge in [0, 0.05) is 25.0 Å². The number of methoxy groups -OCH3 is 1. The third-order valence-corrected chi connectivity index (χ3v) is 6.38. The molecular formula is C21H28N2O5. The molecule has 28 heavy (non-hydrogen) atoms. The minimum Gasteiger partial charge on any atom is -0.476 e. The van der Waals surface area contributed by atoms with Gasteiger partial charge >= 0.3 is 5.97 Å². The Bertz CT molecular complexity index is 751. The number of carboxylic acids is 1. The lowest BCUT2D eigenvalue weighted by Gasteiger charge is -2.32. The van der Waals surface area contributed by atoms with Crippen LogP contribution in [-0.4, -0.2) is 46.1 Å². The number of carbonyl (C=O) groups excluding carboxylic acids is 1. The molecule has 0 aromatic carbocycles. The summed E-state index contributed by atoms with van der Waals surface area (Å²) in [6.45, 7) is 0. The number of aromatic carboxylic acids is 1. The Morgan fingerprint density at radius 1 is 1.00 bits per heavy atom. The zero-order valence-corrected chi connectivity index (χ0v) is 16.4. The Morgan fingerprint density at radius 3 is 2.32 bits per heavy atom. The molecule has 2 saturated carbocycles. The lowest BCUT2D eigenvalue weighted by molar-refractivity contribution is -0.0474. The second-order valence-electron chi connectivity index (χ2n) is 8.22. The lowest BCUT2D eigenvalue weighted by atomic mass is 9.86. The molecule has 0 spiro atoms. The molecule has 7 heteroatoms. The van der Waals surface area contributed by atoms with Crippen LogP contribution in [0.2, 0.25) is 0 Å². The molecule has 0 bridgehead atoms. The van der Waals surface area contributed by atoms with Crippen molar-refractivity contribution in [2.75, 3.05) is 7.11 Å². The average Bonchev–Trinajstić information content (AvgIpc) is 3.04. The largest absolute Gasteiger partial charge is 0.476 e. The molecule has 1 atom stereocenters. The van der Waals surface area contributed by atoms with E-state index in [1.165, 1.54) is 39.2 Å². The molecule has 0 saturated heterocycles. The third kappa shape index (κ3) is 3.82. The van der Waals surface area contributed by atoms with E-state index in [2.05, 4.69) is 9.97 Å². The van der Waals surface area contributed by atoms with Crippen molar-refractivity contribution in [3.63, 3.8) is 0 Å². The number of carboxylic acid groups (broad SMARTS) is 1. The van der Waals surface area contributed by atoms with E-state index in [0.29, 0.717) is 17.5 Å². The van der Waals surface area contributed by atoms with E-state index in [1.54, 1.807) is 0 Å². The molecule has 2 fully saturated rings. The van der Waals surface area contributed by atoms with Gasteiger partial charge in [0.1, 0.15) is 11.5 Å². The molecule has 1 unspecified atom stereocenters. The standard InChI is InChI=1S/C21H28N2O5/c1-27-16-11-15(24)18-17(16)19(21(25)26)23-20(22-18)12-7-9-14(10-8-12)28-13-5-3-2-4-6-13/h12-14,16H,2-11H2,1H3,(H,25,26). The summed E-state index contributed by atoms with van der Waals surface area (Å²) < 4.78 is 11.6. The molecule has 3 aliphatic rings. The van der Waals surface area contributed by atoms with Gasteiger partial charge in [-0.3, -0.25) is 4.79 Å². The van der Waals surface area contributed by atoms with E-state index >= 15 is 0 Å². The van der Waals surface area contributed by atoms with E-state index < -0.39 is 12.1 Å². The molecule has 1 aromatic heterocycles. The molecule has 4 rings (SSSR count). The van der Waals surface area contributed by atoms with Crippen LogP contribution in [0.15, 0.2) is 0 Å². The smallest absolute Gasteiger partial charge is 0.355 e. The fourth-order valence-electron chi connectivity index (χ4n) is 4.85. The SMILES string of the molecule is COC1CC(=O)c2nc(C3CCC(OC4CCCCC4)CC3)nc(C(=O)O)c21. The van der Waals surface area contributed by atoms with Gasteiger partial charge in [-0.25, -0.2) is 14.8 Å². The van der Waals surface area contributed by atoms with Crippen LogP contribution < -0.4 is 0 Å². The van der Waals surface area contributed by atoms with Crippen LogP contribution in [0.4, 0.5) is 0 Å². The van der Waals surface area contributed by atoms with Crippen molar-refractivity contribution < 1.29 is 24.2 Å². The van der Waals surface area contributed by atoms with Crippen molar-refractivity contribution >= 4 is 11.8 Å². The summed E-state index contributed by atoms with van der Waals surface area (Å²) in [6, 6.07) is 0. The van der Waals surface area contributed by atoms with E-state index in [0.717, 1.165) is 25.7 Å². The number of fused-ring (bicyclic) bond motifs is 1. The second-order valence-corrected chi connectivity index (χ2v) is 8.22. The maximum absolute atomic E-state index is 12.3. The van der Waals surface area contributed by atoms with E-state index in [-0.39, 0.29) is 35.6 Å². The minimum atomic E-state index is -1.13. The molecule has 0 aliphatic heterocycles. The number of ketones is 1. The highest BCUT2D eigenvalue weighted by Crippen LogP contribution is 2.38. The Kier molecular flexibility index (Phi) is 5.73. The van der Waals surface area contributed by atoms with Gasteiger partial charge in [-0.05, 0) is 38.5 Å². The van der Waals surface area contributed by atoms with E-state index in [9.17, 15) is 14.7 Å². The van der Waals surface area contributed by atoms with Crippen LogP contribution in [0.25, 0.3) is 0 Å². The first kappa shape index (κ1) is 19.5. The Morgan fingerprint density at radius 2 is 1.68 bits per heavy atom. The summed E-state index contributed by atoms with van der Waals surface area (Å²) >= 11 is 0. The normalized spacial score (nSPS) is 28.3. The van der Waals surface area contributed by atoms with Crippen molar-refractivity contribution in [3.8, 4) is 0 Å². The number of ether oxygens (including phenoxy) is 2. The number of aromatic nitrogens is 2. The van der Waals surface area contributed by atoms with Gasteiger partial charge in [0.2, 0.25) is 0 Å². The number of hydrogen-bond donors (Lipinski definition) is 1. The van der Waals surface area contributed by atoms with Crippen LogP contribution >= 0.6 is 0 Å². The fraction of sp³-hybridized carbons (Fsp3) is 0.714. The second kappa shape index (κ2) is 8.25. The van der Waals surface area contributed by atoms with Gasteiger partial charge in [-0.2, -0.15) is 0 Å². The van der Waals surface area contributed by atoms with Crippen molar-refractivity contribution in [1.29, 1.82) is 0 Å². The molecule has 1 aromatic rings. The molecule has 0 radical (unpaired) electrons. The molecule has 1 N–H and O–H groups in total. The van der Waals surface area contributed by atoms with Crippen LogP contribution in [0.1, 0.15) is 109 Å². The van der Waals surface area contributed by atoms with Gasteiger partial charge < -0.3 is 14.6 Å². The summed E-state index contributed by atoms with van der Waals surface area (Å²) in [4.78, 5) is 32.9. The van der Waals surface area contributed by atoms with Gasteiger partial charge in [0.15, 0.2) is 11.5 Å². The quantitative estimate of drug-likeness (QED) is 0.818. The highest BCUT2D eigenvalue weighted by atomic mass is 16.5. The molecule has 7 nitrogen and oxygen atoms in total. The Labute approximate surface area is 164 Å². The fourth-order valence-corrected chi connectivity index (χ4v) is 4.85. The predicted molar refractivity (Wildman–Crippen MR) is 101 cm³/mol. The molecule has 3 aliphatic carbocycles. The molecular weight excluding hydrogens is 360 g/mol. The van der Waals surface area contributed by atoms with Crippen molar-refractivity contribution in [1.82, 2.24) is 9.97 Å². The maximum Gasteiger partial charge on any atom is 0.355 e. The first-order valence-electron chi connectivity index (χ1n) is 10.4. The number of nitrogens with zero attached hydrogens (tertiary/aromatic N) is 2. The molecule has 1 heterocycles. The van der Waals surface area contributed by atoms with E-state index in [1.807, 2.05) is 0 Å².